The van der Waals surface area contributed by atoms with Gasteiger partial charge in [-0.15, -0.1) is 11.3 Å². The van der Waals surface area contributed by atoms with Crippen molar-refractivity contribution in [2.75, 3.05) is 12.3 Å². The van der Waals surface area contributed by atoms with Gasteiger partial charge in [0.15, 0.2) is 6.10 Å². The monoisotopic (exact) mass is 413 g/mol. The van der Waals surface area contributed by atoms with Gasteiger partial charge in [-0.2, -0.15) is 0 Å². The zero-order chi connectivity index (χ0) is 19.5. The summed E-state index contributed by atoms with van der Waals surface area (Å²) in [5.74, 6) is -0.483. The Bertz CT molecular complexity index is 1020. The summed E-state index contributed by atoms with van der Waals surface area (Å²) in [7, 11) is 0. The number of ether oxygens (including phenoxy) is 1. The van der Waals surface area contributed by atoms with Gasteiger partial charge in [-0.25, -0.2) is 9.97 Å². The number of benzene rings is 1. The van der Waals surface area contributed by atoms with Gasteiger partial charge in [-0.3, -0.25) is 9.59 Å². The third-order valence-electron chi connectivity index (χ3n) is 4.65. The molecule has 0 aliphatic carbocycles. The number of esters is 1. The molecule has 1 atom stereocenters. The lowest BCUT2D eigenvalue weighted by atomic mass is 9.99. The van der Waals surface area contributed by atoms with Gasteiger partial charge in [0.05, 0.1) is 5.75 Å². The number of amides is 1. The molecule has 0 N–H and O–H groups in total. The van der Waals surface area contributed by atoms with Crippen LogP contribution in [0.1, 0.15) is 18.1 Å². The second-order valence-corrected chi connectivity index (χ2v) is 8.38. The van der Waals surface area contributed by atoms with Crippen LogP contribution in [0.3, 0.4) is 0 Å². The van der Waals surface area contributed by atoms with Crippen molar-refractivity contribution in [3.63, 3.8) is 0 Å². The summed E-state index contributed by atoms with van der Waals surface area (Å²) < 4.78 is 5.38. The Kier molecular flexibility index (Phi) is 5.59. The largest absolute Gasteiger partial charge is 0.452 e. The average molecular weight is 414 g/mol. The number of rotatable bonds is 5. The molecule has 3 aromatic rings. The molecule has 0 radical (unpaired) electrons. The minimum absolute atomic E-state index is 0.0996. The minimum atomic E-state index is -0.801. The van der Waals surface area contributed by atoms with E-state index in [1.807, 2.05) is 29.6 Å². The summed E-state index contributed by atoms with van der Waals surface area (Å²) in [6.07, 6.45) is 1.51. The molecule has 3 heterocycles. The highest BCUT2D eigenvalue weighted by atomic mass is 32.2. The summed E-state index contributed by atoms with van der Waals surface area (Å²) >= 11 is 2.83. The highest BCUT2D eigenvalue weighted by Gasteiger charge is 2.27. The molecule has 0 bridgehead atoms. The van der Waals surface area contributed by atoms with Crippen LogP contribution in [0.4, 0.5) is 0 Å². The van der Waals surface area contributed by atoms with E-state index in [9.17, 15) is 9.59 Å². The standard InChI is InChI=1S/C20H19N3O3S2/c1-13(20(25)23-8-6-14-4-2-3-5-15(14)10-23)26-17(24)11-28-19-16-7-9-27-18(16)21-12-22-19/h2-5,7,9,12-13H,6,8,10-11H2,1H3/t13-/m0/s1. The maximum absolute atomic E-state index is 12.7. The Labute approximate surface area is 170 Å². The van der Waals surface area contributed by atoms with Crippen molar-refractivity contribution in [3.05, 3.63) is 53.2 Å². The molecule has 1 aromatic carbocycles. The van der Waals surface area contributed by atoms with E-state index in [0.717, 1.165) is 27.2 Å². The summed E-state index contributed by atoms with van der Waals surface area (Å²) in [6.45, 7) is 2.83. The number of carbonyl (C=O) groups is 2. The predicted octanol–water partition coefficient (Wildman–Crippen LogP) is 3.30. The topological polar surface area (TPSA) is 72.4 Å². The van der Waals surface area contributed by atoms with Gasteiger partial charge >= 0.3 is 5.97 Å². The summed E-state index contributed by atoms with van der Waals surface area (Å²) in [6, 6.07) is 10.1. The van der Waals surface area contributed by atoms with Crippen LogP contribution in [0.5, 0.6) is 0 Å². The van der Waals surface area contributed by atoms with Crippen LogP contribution in [0.2, 0.25) is 0 Å². The van der Waals surface area contributed by atoms with Crippen LogP contribution in [0.15, 0.2) is 47.1 Å². The molecule has 1 aliphatic heterocycles. The zero-order valence-electron chi connectivity index (χ0n) is 15.3. The third kappa shape index (κ3) is 4.02. The van der Waals surface area contributed by atoms with Crippen molar-refractivity contribution in [1.29, 1.82) is 0 Å². The number of carbonyl (C=O) groups excluding carboxylic acids is 2. The molecule has 8 heteroatoms. The molecule has 4 rings (SSSR count). The molecule has 0 saturated heterocycles. The third-order valence-corrected chi connectivity index (χ3v) is 6.45. The molecule has 144 valence electrons. The summed E-state index contributed by atoms with van der Waals surface area (Å²) in [5.41, 5.74) is 2.43. The lowest BCUT2D eigenvalue weighted by Crippen LogP contribution is -2.42. The predicted molar refractivity (Wildman–Crippen MR) is 109 cm³/mol. The molecular formula is C20H19N3O3S2. The Morgan fingerprint density at radius 3 is 2.93 bits per heavy atom. The summed E-state index contributed by atoms with van der Waals surface area (Å²) in [4.78, 5) is 36.0. The second-order valence-electron chi connectivity index (χ2n) is 6.52. The fraction of sp³-hybridized carbons (Fsp3) is 0.300. The van der Waals surface area contributed by atoms with E-state index < -0.39 is 12.1 Å². The van der Waals surface area contributed by atoms with Crippen LogP contribution in [0, 0.1) is 0 Å². The van der Waals surface area contributed by atoms with E-state index in [2.05, 4.69) is 16.0 Å². The van der Waals surface area contributed by atoms with Crippen LogP contribution in [-0.4, -0.2) is 45.1 Å². The average Bonchev–Trinajstić information content (AvgIpc) is 3.20. The van der Waals surface area contributed by atoms with Crippen molar-refractivity contribution in [1.82, 2.24) is 14.9 Å². The zero-order valence-corrected chi connectivity index (χ0v) is 17.0. The van der Waals surface area contributed by atoms with Crippen molar-refractivity contribution >= 4 is 45.2 Å². The molecule has 0 saturated carbocycles. The molecule has 0 unspecified atom stereocenters. The fourth-order valence-corrected chi connectivity index (χ4v) is 4.79. The quantitative estimate of drug-likeness (QED) is 0.363. The van der Waals surface area contributed by atoms with Gasteiger partial charge in [0, 0.05) is 18.5 Å². The first-order valence-electron chi connectivity index (χ1n) is 8.98. The second kappa shape index (κ2) is 8.28. The van der Waals surface area contributed by atoms with Crippen molar-refractivity contribution in [3.8, 4) is 0 Å². The number of hydrogen-bond donors (Lipinski definition) is 0. The van der Waals surface area contributed by atoms with E-state index in [0.29, 0.717) is 13.1 Å². The van der Waals surface area contributed by atoms with E-state index >= 15 is 0 Å². The highest BCUT2D eigenvalue weighted by Crippen LogP contribution is 2.27. The van der Waals surface area contributed by atoms with Gasteiger partial charge in [0.25, 0.3) is 5.91 Å². The summed E-state index contributed by atoms with van der Waals surface area (Å²) in [5, 5.41) is 3.62. The van der Waals surface area contributed by atoms with Gasteiger partial charge in [-0.1, -0.05) is 36.0 Å². The van der Waals surface area contributed by atoms with Crippen molar-refractivity contribution in [2.45, 2.75) is 31.0 Å². The van der Waals surface area contributed by atoms with Crippen molar-refractivity contribution in [2.24, 2.45) is 0 Å². The van der Waals surface area contributed by atoms with E-state index in [-0.39, 0.29) is 11.7 Å². The lowest BCUT2D eigenvalue weighted by Gasteiger charge is -2.30. The highest BCUT2D eigenvalue weighted by molar-refractivity contribution is 8.00. The normalized spacial score (nSPS) is 14.5. The fourth-order valence-electron chi connectivity index (χ4n) is 3.23. The first-order chi connectivity index (χ1) is 13.6. The van der Waals surface area contributed by atoms with Crippen LogP contribution >= 0.6 is 23.1 Å². The van der Waals surface area contributed by atoms with Crippen LogP contribution < -0.4 is 0 Å². The minimum Gasteiger partial charge on any atom is -0.452 e. The molecule has 6 nitrogen and oxygen atoms in total. The first-order valence-corrected chi connectivity index (χ1v) is 10.8. The number of fused-ring (bicyclic) bond motifs is 2. The number of nitrogens with zero attached hydrogens (tertiary/aromatic N) is 3. The van der Waals surface area contributed by atoms with Crippen LogP contribution in [-0.2, 0) is 27.3 Å². The molecule has 1 amide bonds. The lowest BCUT2D eigenvalue weighted by molar-refractivity contribution is -0.157. The molecule has 28 heavy (non-hydrogen) atoms. The van der Waals surface area contributed by atoms with E-state index in [4.69, 9.17) is 4.74 Å². The first kappa shape index (κ1) is 18.9. The molecule has 2 aromatic heterocycles. The Morgan fingerprint density at radius 1 is 1.25 bits per heavy atom. The van der Waals surface area contributed by atoms with Gasteiger partial charge in [-0.05, 0) is 35.9 Å². The number of hydrogen-bond acceptors (Lipinski definition) is 7. The van der Waals surface area contributed by atoms with Gasteiger partial charge < -0.3 is 9.64 Å². The number of thiophene rings is 1. The Balaban J connectivity index is 1.32. The van der Waals surface area contributed by atoms with E-state index in [1.165, 1.54) is 35.0 Å². The SMILES string of the molecule is C[C@H](OC(=O)CSc1ncnc2sccc12)C(=O)N1CCc2ccccc2C1. The Morgan fingerprint density at radius 2 is 2.07 bits per heavy atom. The molecule has 0 spiro atoms. The number of aromatic nitrogens is 2. The van der Waals surface area contributed by atoms with E-state index in [1.54, 1.807) is 11.8 Å². The number of thioether (sulfide) groups is 1. The van der Waals surface area contributed by atoms with Gasteiger partial charge in [0.1, 0.15) is 16.2 Å². The van der Waals surface area contributed by atoms with Gasteiger partial charge in [0.2, 0.25) is 0 Å². The maximum atomic E-state index is 12.7. The van der Waals surface area contributed by atoms with Crippen molar-refractivity contribution < 1.29 is 14.3 Å². The molecule has 0 fully saturated rings. The molecule has 1 aliphatic rings. The molecular weight excluding hydrogens is 394 g/mol. The Hall–Kier alpha value is -2.45. The smallest absolute Gasteiger partial charge is 0.317 e. The van der Waals surface area contributed by atoms with Crippen LogP contribution in [0.25, 0.3) is 10.2 Å². The maximum Gasteiger partial charge on any atom is 0.317 e.